The minimum atomic E-state index is -0.933. The number of nitrogens with zero attached hydrogens (tertiary/aromatic N) is 6. The van der Waals surface area contributed by atoms with Gasteiger partial charge in [-0.1, -0.05) is 12.1 Å². The van der Waals surface area contributed by atoms with Crippen LogP contribution in [0.2, 0.25) is 0 Å². The number of piperidine rings is 1. The summed E-state index contributed by atoms with van der Waals surface area (Å²) in [6, 6.07) is 11.7. The van der Waals surface area contributed by atoms with E-state index in [0.29, 0.717) is 46.8 Å². The molecule has 1 saturated heterocycles. The fourth-order valence-electron chi connectivity index (χ4n) is 5.56. The Balaban J connectivity index is 1.29. The first-order chi connectivity index (χ1) is 18.3. The van der Waals surface area contributed by atoms with Crippen LogP contribution in [0.4, 0.5) is 0 Å². The normalized spacial score (nSPS) is 22.3. The third-order valence-corrected chi connectivity index (χ3v) is 7.61. The molecule has 1 fully saturated rings. The molecule has 196 valence electrons. The number of rotatable bonds is 5. The second kappa shape index (κ2) is 9.02. The highest BCUT2D eigenvalue weighted by atomic mass is 16.5. The first-order valence-corrected chi connectivity index (χ1v) is 12.8. The number of hydrogen-bond donors (Lipinski definition) is 1. The Kier molecular flexibility index (Phi) is 5.75. The first-order valence-electron chi connectivity index (χ1n) is 12.8. The van der Waals surface area contributed by atoms with Gasteiger partial charge in [-0.2, -0.15) is 0 Å². The summed E-state index contributed by atoms with van der Waals surface area (Å²) in [5.74, 6) is 0.374. The highest BCUT2D eigenvalue weighted by molar-refractivity contribution is 6.21. The quantitative estimate of drug-likeness (QED) is 0.511. The summed E-state index contributed by atoms with van der Waals surface area (Å²) in [6.07, 6.45) is 1.24. The van der Waals surface area contributed by atoms with E-state index in [4.69, 9.17) is 4.74 Å². The molecule has 0 spiro atoms. The Labute approximate surface area is 219 Å². The molecular formula is C27H28N6O5. The standard InChI is InChI=1S/C27H28N6O5/c1-27(2)23(35)22(31-12-6-5-9-21(31)34)19-15-16(10-11-20(19)38-27)24-28-29-30-33(24)14-13-32-25(36)17-7-3-4-8-18(17)26(32)37/h3-4,7-8,10-11,15,22-23,35H,5-6,9,12-14H2,1-2H3. The average Bonchev–Trinajstić information content (AvgIpc) is 3.47. The number of ether oxygens (including phenoxy) is 1. The zero-order chi connectivity index (χ0) is 26.6. The van der Waals surface area contributed by atoms with Crippen LogP contribution in [0.15, 0.2) is 42.5 Å². The molecule has 2 unspecified atom stereocenters. The minimum absolute atomic E-state index is 0.0140. The molecule has 4 heterocycles. The van der Waals surface area contributed by atoms with Crippen molar-refractivity contribution < 1.29 is 24.2 Å². The Morgan fingerprint density at radius 3 is 2.47 bits per heavy atom. The largest absolute Gasteiger partial charge is 0.485 e. The Morgan fingerprint density at radius 2 is 1.76 bits per heavy atom. The number of tetrazole rings is 1. The summed E-state index contributed by atoms with van der Waals surface area (Å²) in [5, 5.41) is 23.4. The number of likely N-dealkylation sites (tertiary alicyclic amines) is 1. The van der Waals surface area contributed by atoms with Crippen molar-refractivity contribution in [1.82, 2.24) is 30.0 Å². The first kappa shape index (κ1) is 24.2. The third kappa shape index (κ3) is 3.85. The predicted molar refractivity (Wildman–Crippen MR) is 134 cm³/mol. The smallest absolute Gasteiger partial charge is 0.261 e. The van der Waals surface area contributed by atoms with Crippen molar-refractivity contribution in [2.45, 2.75) is 57.4 Å². The number of aliphatic hydroxyl groups excluding tert-OH is 1. The maximum atomic E-state index is 12.9. The van der Waals surface area contributed by atoms with Crippen LogP contribution in [0.25, 0.3) is 11.4 Å². The molecule has 38 heavy (non-hydrogen) atoms. The number of fused-ring (bicyclic) bond motifs is 2. The van der Waals surface area contributed by atoms with E-state index in [1.807, 2.05) is 32.0 Å². The van der Waals surface area contributed by atoms with Crippen molar-refractivity contribution in [2.24, 2.45) is 0 Å². The van der Waals surface area contributed by atoms with Gasteiger partial charge in [-0.25, -0.2) is 4.68 Å². The van der Waals surface area contributed by atoms with Gasteiger partial charge in [0.15, 0.2) is 5.82 Å². The fraction of sp³-hybridized carbons (Fsp3) is 0.407. The summed E-state index contributed by atoms with van der Waals surface area (Å²) < 4.78 is 7.67. The molecular weight excluding hydrogens is 488 g/mol. The van der Waals surface area contributed by atoms with Crippen LogP contribution >= 0.6 is 0 Å². The summed E-state index contributed by atoms with van der Waals surface area (Å²) in [7, 11) is 0. The van der Waals surface area contributed by atoms with E-state index in [1.165, 1.54) is 9.58 Å². The Bertz CT molecular complexity index is 1410. The topological polar surface area (TPSA) is 131 Å². The number of benzene rings is 2. The van der Waals surface area contributed by atoms with Gasteiger partial charge in [0.05, 0.1) is 23.7 Å². The number of aromatic nitrogens is 4. The van der Waals surface area contributed by atoms with Crippen LogP contribution in [-0.2, 0) is 11.3 Å². The van der Waals surface area contributed by atoms with Crippen LogP contribution in [0.3, 0.4) is 0 Å². The van der Waals surface area contributed by atoms with Crippen molar-refractivity contribution in [3.05, 3.63) is 59.2 Å². The molecule has 2 atom stereocenters. The average molecular weight is 517 g/mol. The van der Waals surface area contributed by atoms with Crippen molar-refractivity contribution in [3.63, 3.8) is 0 Å². The highest BCUT2D eigenvalue weighted by Gasteiger charge is 2.47. The molecule has 0 radical (unpaired) electrons. The van der Waals surface area contributed by atoms with E-state index < -0.39 is 17.7 Å². The SMILES string of the molecule is CC1(C)Oc2ccc(-c3nnnn3CCN3C(=O)c4ccccc4C3=O)cc2C(N2CCCCC2=O)C1O. The summed E-state index contributed by atoms with van der Waals surface area (Å²) in [5.41, 5.74) is 1.26. The maximum absolute atomic E-state index is 12.9. The van der Waals surface area contributed by atoms with Gasteiger partial charge < -0.3 is 14.7 Å². The molecule has 0 aliphatic carbocycles. The molecule has 1 N–H and O–H groups in total. The second-order valence-electron chi connectivity index (χ2n) is 10.4. The monoisotopic (exact) mass is 516 g/mol. The molecule has 0 bridgehead atoms. The number of carbonyl (C=O) groups excluding carboxylic acids is 3. The zero-order valence-electron chi connectivity index (χ0n) is 21.2. The van der Waals surface area contributed by atoms with Gasteiger partial charge in [0.2, 0.25) is 5.91 Å². The molecule has 3 aliphatic rings. The van der Waals surface area contributed by atoms with Crippen molar-refractivity contribution in [1.29, 1.82) is 0 Å². The summed E-state index contributed by atoms with van der Waals surface area (Å²) >= 11 is 0. The lowest BCUT2D eigenvalue weighted by Crippen LogP contribution is -2.55. The van der Waals surface area contributed by atoms with Crippen molar-refractivity contribution in [2.75, 3.05) is 13.1 Å². The highest BCUT2D eigenvalue weighted by Crippen LogP contribution is 2.45. The summed E-state index contributed by atoms with van der Waals surface area (Å²) in [4.78, 5) is 41.3. The van der Waals surface area contributed by atoms with E-state index in [1.54, 1.807) is 29.2 Å². The van der Waals surface area contributed by atoms with Crippen LogP contribution in [0, 0.1) is 0 Å². The lowest BCUT2D eigenvalue weighted by Gasteiger charge is -2.47. The lowest BCUT2D eigenvalue weighted by molar-refractivity contribution is -0.147. The van der Waals surface area contributed by atoms with Crippen LogP contribution in [-0.4, -0.2) is 77.6 Å². The second-order valence-corrected chi connectivity index (χ2v) is 10.4. The molecule has 11 heteroatoms. The number of aliphatic hydroxyl groups is 1. The molecule has 0 saturated carbocycles. The van der Waals surface area contributed by atoms with E-state index in [-0.39, 0.29) is 30.8 Å². The molecule has 6 rings (SSSR count). The van der Waals surface area contributed by atoms with Crippen LogP contribution < -0.4 is 4.74 Å². The maximum Gasteiger partial charge on any atom is 0.261 e. The van der Waals surface area contributed by atoms with E-state index in [2.05, 4.69) is 15.5 Å². The molecule has 2 aromatic carbocycles. The van der Waals surface area contributed by atoms with Crippen LogP contribution in [0.1, 0.15) is 65.4 Å². The fourth-order valence-corrected chi connectivity index (χ4v) is 5.56. The lowest BCUT2D eigenvalue weighted by atomic mass is 9.84. The minimum Gasteiger partial charge on any atom is -0.485 e. The van der Waals surface area contributed by atoms with Gasteiger partial charge in [0.1, 0.15) is 17.5 Å². The van der Waals surface area contributed by atoms with Crippen LogP contribution in [0.5, 0.6) is 5.75 Å². The zero-order valence-corrected chi connectivity index (χ0v) is 21.2. The van der Waals surface area contributed by atoms with Crippen molar-refractivity contribution >= 4 is 17.7 Å². The van der Waals surface area contributed by atoms with Gasteiger partial charge in [-0.3, -0.25) is 19.3 Å². The molecule has 3 aromatic rings. The third-order valence-electron chi connectivity index (χ3n) is 7.61. The Hall–Kier alpha value is -4.12. The van der Waals surface area contributed by atoms with Gasteiger partial charge in [-0.05, 0) is 67.4 Å². The molecule has 3 amide bonds. The van der Waals surface area contributed by atoms with E-state index in [9.17, 15) is 19.5 Å². The molecule has 11 nitrogen and oxygen atoms in total. The van der Waals surface area contributed by atoms with Gasteiger partial charge in [0.25, 0.3) is 11.8 Å². The molecule has 3 aliphatic heterocycles. The van der Waals surface area contributed by atoms with E-state index in [0.717, 1.165) is 12.8 Å². The Morgan fingerprint density at radius 1 is 1.03 bits per heavy atom. The van der Waals surface area contributed by atoms with Gasteiger partial charge >= 0.3 is 0 Å². The number of hydrogen-bond acceptors (Lipinski definition) is 8. The van der Waals surface area contributed by atoms with E-state index >= 15 is 0 Å². The number of amides is 3. The number of imide groups is 1. The van der Waals surface area contributed by atoms with Gasteiger partial charge in [-0.15, -0.1) is 5.10 Å². The van der Waals surface area contributed by atoms with Crippen molar-refractivity contribution in [3.8, 4) is 17.1 Å². The number of carbonyl (C=O) groups is 3. The predicted octanol–water partition coefficient (Wildman–Crippen LogP) is 2.22. The van der Waals surface area contributed by atoms with Gasteiger partial charge in [0, 0.05) is 30.6 Å². The summed E-state index contributed by atoms with van der Waals surface area (Å²) in [6.45, 7) is 4.51. The molecule has 1 aromatic heterocycles.